The van der Waals surface area contributed by atoms with E-state index in [1.807, 2.05) is 31.3 Å². The van der Waals surface area contributed by atoms with Crippen LogP contribution in [0.3, 0.4) is 0 Å². The lowest BCUT2D eigenvalue weighted by Gasteiger charge is -2.23. The lowest BCUT2D eigenvalue weighted by molar-refractivity contribution is 0.0689. The van der Waals surface area contributed by atoms with Gasteiger partial charge in [-0.15, -0.1) is 0 Å². The molecule has 3 heterocycles. The lowest BCUT2D eigenvalue weighted by Crippen LogP contribution is -2.39. The summed E-state index contributed by atoms with van der Waals surface area (Å²) >= 11 is 0. The second-order valence-electron chi connectivity index (χ2n) is 5.92. The number of pyridine rings is 1. The van der Waals surface area contributed by atoms with Crippen molar-refractivity contribution in [1.29, 1.82) is 5.26 Å². The zero-order valence-electron chi connectivity index (χ0n) is 13.7. The van der Waals surface area contributed by atoms with Crippen LogP contribution in [-0.2, 0) is 4.74 Å². The topological polar surface area (TPSA) is 82.3 Å². The van der Waals surface area contributed by atoms with E-state index in [2.05, 4.69) is 26.7 Å². The van der Waals surface area contributed by atoms with E-state index in [4.69, 9.17) is 4.74 Å². The molecule has 24 heavy (non-hydrogen) atoms. The Morgan fingerprint density at radius 1 is 1.42 bits per heavy atom. The van der Waals surface area contributed by atoms with E-state index in [9.17, 15) is 5.26 Å². The number of guanidine groups is 1. The Hall–Kier alpha value is -2.65. The number of rotatable bonds is 3. The van der Waals surface area contributed by atoms with Gasteiger partial charge in [0.15, 0.2) is 5.96 Å². The second kappa shape index (κ2) is 7.75. The summed E-state index contributed by atoms with van der Waals surface area (Å²) in [4.78, 5) is 8.91. The molecular weight excluding hydrogens is 302 g/mol. The minimum atomic E-state index is 0.518. The van der Waals surface area contributed by atoms with Crippen molar-refractivity contribution in [3.63, 3.8) is 0 Å². The summed E-state index contributed by atoms with van der Waals surface area (Å²) in [7, 11) is 0. The van der Waals surface area contributed by atoms with Crippen LogP contribution in [0.25, 0.3) is 5.57 Å². The Balaban J connectivity index is 1.81. The van der Waals surface area contributed by atoms with Crippen molar-refractivity contribution in [1.82, 2.24) is 15.6 Å². The molecule has 2 aliphatic rings. The highest BCUT2D eigenvalue weighted by atomic mass is 16.5. The summed E-state index contributed by atoms with van der Waals surface area (Å²) in [6.07, 6.45) is 5.65. The molecule has 3 rings (SSSR count). The highest BCUT2D eigenvalue weighted by molar-refractivity contribution is 5.90. The molecule has 0 aromatic carbocycles. The zero-order valence-corrected chi connectivity index (χ0v) is 13.7. The van der Waals surface area contributed by atoms with Gasteiger partial charge in [0, 0.05) is 32.2 Å². The summed E-state index contributed by atoms with van der Waals surface area (Å²) in [6, 6.07) is 7.81. The van der Waals surface area contributed by atoms with Crippen molar-refractivity contribution in [2.75, 3.05) is 19.8 Å². The minimum absolute atomic E-state index is 0.518. The monoisotopic (exact) mass is 323 g/mol. The third-order valence-electron chi connectivity index (χ3n) is 4.19. The number of ether oxygens (including phenoxy) is 1. The molecule has 2 N–H and O–H groups in total. The Kier molecular flexibility index (Phi) is 5.24. The van der Waals surface area contributed by atoms with Crippen molar-refractivity contribution in [2.45, 2.75) is 19.8 Å². The average Bonchev–Trinajstić information content (AvgIpc) is 2.64. The summed E-state index contributed by atoms with van der Waals surface area (Å²) in [5.74, 6) is 1.23. The SMILES string of the molecule is CC1=CNC(=NCC2CCOCC2)N/C1=C(\C#N)c1ccccn1. The van der Waals surface area contributed by atoms with Gasteiger partial charge in [0.1, 0.15) is 11.6 Å². The normalized spacial score (nSPS) is 22.2. The fourth-order valence-electron chi connectivity index (χ4n) is 2.75. The number of nitriles is 1. The van der Waals surface area contributed by atoms with Gasteiger partial charge in [0.25, 0.3) is 0 Å². The molecule has 0 spiro atoms. The second-order valence-corrected chi connectivity index (χ2v) is 5.92. The Morgan fingerprint density at radius 3 is 2.96 bits per heavy atom. The first-order valence-corrected chi connectivity index (χ1v) is 8.16. The Morgan fingerprint density at radius 2 is 2.25 bits per heavy atom. The molecule has 1 aromatic rings. The fourth-order valence-corrected chi connectivity index (χ4v) is 2.75. The number of nitrogens with zero attached hydrogens (tertiary/aromatic N) is 3. The average molecular weight is 323 g/mol. The molecule has 1 saturated heterocycles. The van der Waals surface area contributed by atoms with Crippen LogP contribution < -0.4 is 10.6 Å². The van der Waals surface area contributed by atoms with Gasteiger partial charge in [-0.3, -0.25) is 9.98 Å². The van der Waals surface area contributed by atoms with E-state index in [1.165, 1.54) is 0 Å². The molecule has 6 nitrogen and oxygen atoms in total. The van der Waals surface area contributed by atoms with E-state index >= 15 is 0 Å². The van der Waals surface area contributed by atoms with Crippen molar-refractivity contribution in [2.24, 2.45) is 10.9 Å². The van der Waals surface area contributed by atoms with Gasteiger partial charge in [-0.1, -0.05) is 6.07 Å². The van der Waals surface area contributed by atoms with Crippen LogP contribution in [0.4, 0.5) is 0 Å². The van der Waals surface area contributed by atoms with Crippen LogP contribution in [0.2, 0.25) is 0 Å². The van der Waals surface area contributed by atoms with E-state index in [0.29, 0.717) is 23.1 Å². The first-order chi connectivity index (χ1) is 11.8. The third-order valence-corrected chi connectivity index (χ3v) is 4.19. The predicted octanol–water partition coefficient (Wildman–Crippen LogP) is 2.20. The van der Waals surface area contributed by atoms with Gasteiger partial charge in [-0.2, -0.15) is 5.26 Å². The van der Waals surface area contributed by atoms with Gasteiger partial charge < -0.3 is 15.4 Å². The van der Waals surface area contributed by atoms with Gasteiger partial charge >= 0.3 is 0 Å². The Labute approximate surface area is 142 Å². The van der Waals surface area contributed by atoms with Crippen molar-refractivity contribution in [3.05, 3.63) is 47.6 Å². The number of allylic oxidation sites excluding steroid dienone is 2. The molecule has 6 heteroatoms. The maximum atomic E-state index is 9.58. The van der Waals surface area contributed by atoms with Crippen molar-refractivity contribution in [3.8, 4) is 6.07 Å². The largest absolute Gasteiger partial charge is 0.381 e. The van der Waals surface area contributed by atoms with Gasteiger partial charge in [0.2, 0.25) is 0 Å². The molecule has 0 unspecified atom stereocenters. The molecule has 0 aliphatic carbocycles. The van der Waals surface area contributed by atoms with Crippen LogP contribution >= 0.6 is 0 Å². The molecule has 0 radical (unpaired) electrons. The predicted molar refractivity (Wildman–Crippen MR) is 92.6 cm³/mol. The number of aliphatic imine (C=N–C) groups is 1. The highest BCUT2D eigenvalue weighted by Crippen LogP contribution is 2.21. The van der Waals surface area contributed by atoms with Crippen LogP contribution in [0.15, 0.2) is 46.9 Å². The summed E-state index contributed by atoms with van der Waals surface area (Å²) in [6.45, 7) is 4.34. The van der Waals surface area contributed by atoms with E-state index in [1.54, 1.807) is 6.20 Å². The van der Waals surface area contributed by atoms with Gasteiger partial charge in [-0.25, -0.2) is 0 Å². The van der Waals surface area contributed by atoms with Crippen LogP contribution in [-0.4, -0.2) is 30.7 Å². The first-order valence-electron chi connectivity index (χ1n) is 8.16. The zero-order chi connectivity index (χ0) is 16.8. The quantitative estimate of drug-likeness (QED) is 0.833. The molecule has 0 saturated carbocycles. The van der Waals surface area contributed by atoms with E-state index in [-0.39, 0.29) is 0 Å². The van der Waals surface area contributed by atoms with Gasteiger partial charge in [-0.05, 0) is 43.4 Å². The van der Waals surface area contributed by atoms with Crippen LogP contribution in [0.1, 0.15) is 25.5 Å². The standard InChI is InChI=1S/C18H21N5O/c1-13-11-21-18(22-12-14-5-8-24-9-6-14)23-17(13)15(10-19)16-4-2-3-7-20-16/h2-4,7,11,14H,5-6,8-9,12H2,1H3,(H2,21,22,23)/b17-15+. The smallest absolute Gasteiger partial charge is 0.199 e. The lowest BCUT2D eigenvalue weighted by atomic mass is 10.0. The number of hydrogen-bond donors (Lipinski definition) is 2. The van der Waals surface area contributed by atoms with E-state index < -0.39 is 0 Å². The summed E-state index contributed by atoms with van der Waals surface area (Å²) < 4.78 is 5.38. The summed E-state index contributed by atoms with van der Waals surface area (Å²) in [5, 5.41) is 16.0. The molecule has 0 atom stereocenters. The number of nitrogens with one attached hydrogen (secondary N) is 2. The van der Waals surface area contributed by atoms with Gasteiger partial charge in [0.05, 0.1) is 11.4 Å². The molecule has 2 aliphatic heterocycles. The van der Waals surface area contributed by atoms with Crippen LogP contribution in [0, 0.1) is 17.2 Å². The minimum Gasteiger partial charge on any atom is -0.381 e. The third kappa shape index (κ3) is 3.81. The molecule has 0 bridgehead atoms. The molecule has 124 valence electrons. The molecule has 1 fully saturated rings. The maximum Gasteiger partial charge on any atom is 0.199 e. The molecule has 1 aromatic heterocycles. The number of hydrogen-bond acceptors (Lipinski definition) is 4. The maximum absolute atomic E-state index is 9.58. The summed E-state index contributed by atoms with van der Waals surface area (Å²) in [5.41, 5.74) is 2.87. The first kappa shape index (κ1) is 16.2. The van der Waals surface area contributed by atoms with Crippen molar-refractivity contribution < 1.29 is 4.74 Å². The molecular formula is C18H21N5O. The Bertz CT molecular complexity index is 709. The highest BCUT2D eigenvalue weighted by Gasteiger charge is 2.18. The number of aromatic nitrogens is 1. The van der Waals surface area contributed by atoms with Crippen molar-refractivity contribution >= 4 is 11.5 Å². The fraction of sp³-hybridized carbons (Fsp3) is 0.389. The molecule has 0 amide bonds. The van der Waals surface area contributed by atoms with Crippen LogP contribution in [0.5, 0.6) is 0 Å². The van der Waals surface area contributed by atoms with E-state index in [0.717, 1.165) is 43.9 Å².